The number of furan rings is 1. The molecule has 4 heterocycles. The van der Waals surface area contributed by atoms with Crippen LogP contribution in [0.2, 0.25) is 0 Å². The van der Waals surface area contributed by atoms with E-state index in [0.29, 0.717) is 17.7 Å². The van der Waals surface area contributed by atoms with Crippen LogP contribution in [0.3, 0.4) is 0 Å². The van der Waals surface area contributed by atoms with E-state index in [1.807, 2.05) is 18.2 Å². The molecule has 1 aliphatic carbocycles. The van der Waals surface area contributed by atoms with Crippen molar-refractivity contribution in [1.82, 2.24) is 24.1 Å². The third-order valence-electron chi connectivity index (χ3n) is 11.6. The van der Waals surface area contributed by atoms with E-state index in [0.717, 1.165) is 60.3 Å². The number of hydrogen-bond donors (Lipinski definition) is 0. The first-order chi connectivity index (χ1) is 26.5. The molecule has 0 N–H and O–H groups in total. The van der Waals surface area contributed by atoms with Crippen LogP contribution in [0.25, 0.3) is 100.0 Å². The Morgan fingerprint density at radius 2 is 1.04 bits per heavy atom. The predicted molar refractivity (Wildman–Crippen MR) is 219 cm³/mol. The predicted octanol–water partition coefficient (Wildman–Crippen LogP) is 11.9. The minimum atomic E-state index is -0.122. The molecule has 54 heavy (non-hydrogen) atoms. The largest absolute Gasteiger partial charge is 0.456 e. The molecule has 0 saturated heterocycles. The van der Waals surface area contributed by atoms with Crippen molar-refractivity contribution < 1.29 is 4.42 Å². The third-order valence-corrected chi connectivity index (χ3v) is 11.6. The Hall–Kier alpha value is -7.05. The fraction of sp³-hybridized carbons (Fsp3) is 0.0625. The Bertz CT molecular complexity index is 3330. The van der Waals surface area contributed by atoms with Gasteiger partial charge in [0.05, 0.1) is 22.1 Å². The SMILES string of the molecule is CC1(C)c2ccccc2-c2c1ccc1c2c2ccccc2n1-c1nc(-c2ccc3c(c2)oc2ccccc23)nc(-n2c3ccccc3c3ccccc32)n1. The molecule has 1 aliphatic rings. The molecule has 12 rings (SSSR count). The number of hydrogen-bond acceptors (Lipinski definition) is 4. The van der Waals surface area contributed by atoms with Crippen LogP contribution in [0.15, 0.2) is 156 Å². The molecule has 7 aromatic carbocycles. The van der Waals surface area contributed by atoms with E-state index in [1.54, 1.807) is 0 Å². The van der Waals surface area contributed by atoms with Crippen molar-refractivity contribution >= 4 is 65.6 Å². The summed E-state index contributed by atoms with van der Waals surface area (Å²) in [4.78, 5) is 16.0. The van der Waals surface area contributed by atoms with Crippen molar-refractivity contribution in [3.8, 4) is 34.4 Å². The first kappa shape index (κ1) is 29.5. The fourth-order valence-corrected chi connectivity index (χ4v) is 9.15. The molecule has 4 aromatic heterocycles. The zero-order valence-corrected chi connectivity index (χ0v) is 29.6. The second-order valence-electron chi connectivity index (χ2n) is 14.8. The second kappa shape index (κ2) is 10.5. The molecule has 0 aliphatic heterocycles. The lowest BCUT2D eigenvalue weighted by Crippen LogP contribution is -2.14. The van der Waals surface area contributed by atoms with Gasteiger partial charge in [-0.1, -0.05) is 123 Å². The highest BCUT2D eigenvalue weighted by Gasteiger charge is 2.37. The van der Waals surface area contributed by atoms with Gasteiger partial charge in [0.1, 0.15) is 11.2 Å². The van der Waals surface area contributed by atoms with Gasteiger partial charge < -0.3 is 4.42 Å². The number of benzene rings is 7. The Balaban J connectivity index is 1.19. The monoisotopic (exact) mass is 693 g/mol. The molecule has 0 amide bonds. The van der Waals surface area contributed by atoms with Gasteiger partial charge in [0.15, 0.2) is 5.82 Å². The van der Waals surface area contributed by atoms with Crippen LogP contribution in [0.5, 0.6) is 0 Å². The van der Waals surface area contributed by atoms with Crippen LogP contribution in [-0.4, -0.2) is 24.1 Å². The molecule has 254 valence electrons. The summed E-state index contributed by atoms with van der Waals surface area (Å²) in [5.41, 5.74) is 11.8. The van der Waals surface area contributed by atoms with Crippen molar-refractivity contribution in [3.63, 3.8) is 0 Å². The number of rotatable bonds is 3. The first-order valence-corrected chi connectivity index (χ1v) is 18.4. The molecule has 0 bridgehead atoms. The summed E-state index contributed by atoms with van der Waals surface area (Å²) in [5, 5.41) is 6.82. The Morgan fingerprint density at radius 3 is 1.78 bits per heavy atom. The fourth-order valence-electron chi connectivity index (χ4n) is 9.15. The molecule has 6 nitrogen and oxygen atoms in total. The highest BCUT2D eigenvalue weighted by molar-refractivity contribution is 6.18. The van der Waals surface area contributed by atoms with Crippen LogP contribution < -0.4 is 0 Å². The van der Waals surface area contributed by atoms with E-state index in [9.17, 15) is 0 Å². The summed E-state index contributed by atoms with van der Waals surface area (Å²) in [6.07, 6.45) is 0. The molecule has 11 aromatic rings. The lowest BCUT2D eigenvalue weighted by Gasteiger charge is -2.21. The molecule has 0 spiro atoms. The van der Waals surface area contributed by atoms with E-state index in [1.165, 1.54) is 33.0 Å². The highest BCUT2D eigenvalue weighted by Crippen LogP contribution is 2.53. The molecule has 6 heteroatoms. The topological polar surface area (TPSA) is 61.7 Å². The smallest absolute Gasteiger partial charge is 0.240 e. The van der Waals surface area contributed by atoms with Gasteiger partial charge in [-0.3, -0.25) is 9.13 Å². The molecule has 0 fully saturated rings. The maximum Gasteiger partial charge on any atom is 0.240 e. The number of nitrogens with zero attached hydrogens (tertiary/aromatic N) is 5. The second-order valence-corrected chi connectivity index (χ2v) is 14.8. The summed E-state index contributed by atoms with van der Waals surface area (Å²) in [6, 6.07) is 53.4. The van der Waals surface area contributed by atoms with Gasteiger partial charge in [0.2, 0.25) is 11.9 Å². The lowest BCUT2D eigenvalue weighted by molar-refractivity contribution is 0.661. The maximum atomic E-state index is 6.36. The summed E-state index contributed by atoms with van der Waals surface area (Å²) in [7, 11) is 0. The van der Waals surface area contributed by atoms with Gasteiger partial charge in [-0.05, 0) is 64.7 Å². The third kappa shape index (κ3) is 3.86. The van der Waals surface area contributed by atoms with E-state index < -0.39 is 0 Å². The van der Waals surface area contributed by atoms with Gasteiger partial charge in [0.25, 0.3) is 0 Å². The molecular formula is C48H31N5O. The van der Waals surface area contributed by atoms with Crippen molar-refractivity contribution in [2.24, 2.45) is 0 Å². The van der Waals surface area contributed by atoms with Gasteiger partial charge in [0, 0.05) is 43.3 Å². The zero-order valence-electron chi connectivity index (χ0n) is 29.6. The average molecular weight is 694 g/mol. The number of aromatic nitrogens is 5. The Morgan fingerprint density at radius 1 is 0.463 bits per heavy atom. The van der Waals surface area contributed by atoms with Crippen molar-refractivity contribution in [3.05, 3.63) is 163 Å². The average Bonchev–Trinajstić information content (AvgIpc) is 3.93. The molecule has 0 unspecified atom stereocenters. The summed E-state index contributed by atoms with van der Waals surface area (Å²) in [6.45, 7) is 4.66. The number of fused-ring (bicyclic) bond motifs is 13. The Kier molecular flexibility index (Phi) is 5.75. The van der Waals surface area contributed by atoms with E-state index in [2.05, 4.69) is 156 Å². The van der Waals surface area contributed by atoms with E-state index >= 15 is 0 Å². The van der Waals surface area contributed by atoms with Crippen LogP contribution in [0.1, 0.15) is 25.0 Å². The minimum Gasteiger partial charge on any atom is -0.456 e. The van der Waals surface area contributed by atoms with Crippen molar-refractivity contribution in [2.45, 2.75) is 19.3 Å². The highest BCUT2D eigenvalue weighted by atomic mass is 16.3. The van der Waals surface area contributed by atoms with Crippen LogP contribution >= 0.6 is 0 Å². The van der Waals surface area contributed by atoms with Gasteiger partial charge in [-0.25, -0.2) is 0 Å². The van der Waals surface area contributed by atoms with E-state index in [4.69, 9.17) is 19.4 Å². The molecule has 0 radical (unpaired) electrons. The standard InChI is InChI=1S/C48H31N5O/c1-48(2)35-18-8-3-16-33(35)43-36(48)25-26-40-44(43)34-17-6-11-21-39(34)53(40)47-50-45(28-23-24-32-31-15-7-12-22-41(31)54-42(32)27-28)49-46(51-47)52-37-19-9-4-13-29(37)30-14-5-10-20-38(30)52/h3-27H,1-2H3. The molecular weight excluding hydrogens is 663 g/mol. The van der Waals surface area contributed by atoms with Gasteiger partial charge in [-0.15, -0.1) is 0 Å². The van der Waals surface area contributed by atoms with Gasteiger partial charge in [-0.2, -0.15) is 15.0 Å². The zero-order chi connectivity index (χ0) is 35.7. The normalized spacial score (nSPS) is 13.5. The first-order valence-electron chi connectivity index (χ1n) is 18.4. The van der Waals surface area contributed by atoms with Crippen LogP contribution in [0.4, 0.5) is 0 Å². The van der Waals surface area contributed by atoms with Gasteiger partial charge >= 0.3 is 0 Å². The molecule has 0 saturated carbocycles. The van der Waals surface area contributed by atoms with Crippen molar-refractivity contribution in [2.75, 3.05) is 0 Å². The maximum absolute atomic E-state index is 6.36. The summed E-state index contributed by atoms with van der Waals surface area (Å²) >= 11 is 0. The number of para-hydroxylation sites is 4. The van der Waals surface area contributed by atoms with Crippen LogP contribution in [-0.2, 0) is 5.41 Å². The van der Waals surface area contributed by atoms with Crippen molar-refractivity contribution in [1.29, 1.82) is 0 Å². The quantitative estimate of drug-likeness (QED) is 0.185. The summed E-state index contributed by atoms with van der Waals surface area (Å²) in [5.74, 6) is 1.67. The lowest BCUT2D eigenvalue weighted by atomic mass is 9.82. The van der Waals surface area contributed by atoms with E-state index in [-0.39, 0.29) is 5.41 Å². The Labute approximate surface area is 309 Å². The summed E-state index contributed by atoms with van der Waals surface area (Å²) < 4.78 is 10.8. The minimum absolute atomic E-state index is 0.122. The molecule has 0 atom stereocenters. The van der Waals surface area contributed by atoms with Crippen LogP contribution in [0, 0.1) is 0 Å².